The van der Waals surface area contributed by atoms with Crippen LogP contribution in [0.15, 0.2) is 24.4 Å². The van der Waals surface area contributed by atoms with Crippen LogP contribution in [-0.4, -0.2) is 53.2 Å². The molecule has 8 heteroatoms. The lowest BCUT2D eigenvalue weighted by Crippen LogP contribution is -2.36. The van der Waals surface area contributed by atoms with Gasteiger partial charge < -0.3 is 9.47 Å². The number of methoxy groups -OCH3 is 2. The molecule has 1 aliphatic heterocycles. The lowest BCUT2D eigenvalue weighted by atomic mass is 10.0. The smallest absolute Gasteiger partial charge is 0.360 e. The molecule has 1 aliphatic rings. The predicted molar refractivity (Wildman–Crippen MR) is 87.9 cm³/mol. The molecule has 0 bridgehead atoms. The quantitative estimate of drug-likeness (QED) is 0.771. The lowest BCUT2D eigenvalue weighted by molar-refractivity contribution is 0.0594. The summed E-state index contributed by atoms with van der Waals surface area (Å²) < 4.78 is 25.7. The molecule has 0 spiro atoms. The van der Waals surface area contributed by atoms with Gasteiger partial charge in [-0.05, 0) is 25.5 Å². The highest BCUT2D eigenvalue weighted by molar-refractivity contribution is 5.86. The Kier molecular flexibility index (Phi) is 5.28. The highest BCUT2D eigenvalue weighted by Crippen LogP contribution is 2.25. The predicted octanol–water partition coefficient (Wildman–Crippen LogP) is 2.05. The van der Waals surface area contributed by atoms with E-state index in [1.807, 2.05) is 0 Å². The molecule has 0 radical (unpaired) electrons. The van der Waals surface area contributed by atoms with Gasteiger partial charge in [0.15, 0.2) is 17.3 Å². The van der Waals surface area contributed by atoms with Crippen molar-refractivity contribution in [3.05, 3.63) is 41.5 Å². The summed E-state index contributed by atoms with van der Waals surface area (Å²) in [5.74, 6) is -0.566. The Morgan fingerprint density at radius 1 is 1.40 bits per heavy atom. The molecule has 1 aromatic heterocycles. The number of esters is 1. The molecule has 1 fully saturated rings. The molecule has 134 valence electrons. The summed E-state index contributed by atoms with van der Waals surface area (Å²) in [5, 5.41) is 7.89. The second kappa shape index (κ2) is 7.60. The van der Waals surface area contributed by atoms with Crippen molar-refractivity contribution in [3.63, 3.8) is 0 Å². The van der Waals surface area contributed by atoms with Gasteiger partial charge in [0.25, 0.3) is 0 Å². The van der Waals surface area contributed by atoms with Crippen molar-refractivity contribution in [2.24, 2.45) is 0 Å². The molecule has 0 N–H and O–H groups in total. The van der Waals surface area contributed by atoms with Gasteiger partial charge in [-0.3, -0.25) is 4.90 Å². The van der Waals surface area contributed by atoms with E-state index in [1.165, 1.54) is 14.2 Å². The van der Waals surface area contributed by atoms with E-state index in [9.17, 15) is 9.18 Å². The van der Waals surface area contributed by atoms with Gasteiger partial charge in [0.2, 0.25) is 0 Å². The number of likely N-dealkylation sites (tertiary alicyclic amines) is 1. The second-order valence-electron chi connectivity index (χ2n) is 6.04. The topological polar surface area (TPSA) is 69.5 Å². The van der Waals surface area contributed by atoms with E-state index in [1.54, 1.807) is 29.1 Å². The van der Waals surface area contributed by atoms with Gasteiger partial charge in [-0.2, -0.15) is 0 Å². The molecule has 1 saturated heterocycles. The molecule has 2 heterocycles. The van der Waals surface area contributed by atoms with Crippen molar-refractivity contribution in [1.82, 2.24) is 19.9 Å². The molecule has 7 nitrogen and oxygen atoms in total. The Morgan fingerprint density at radius 3 is 3.00 bits per heavy atom. The van der Waals surface area contributed by atoms with Crippen LogP contribution in [0.5, 0.6) is 5.75 Å². The Bertz CT molecular complexity index is 749. The summed E-state index contributed by atoms with van der Waals surface area (Å²) in [5.41, 5.74) is 0.798. The average Bonchev–Trinajstić information content (AvgIpc) is 3.13. The zero-order chi connectivity index (χ0) is 17.8. The molecule has 0 aliphatic carbocycles. The Labute approximate surface area is 145 Å². The lowest BCUT2D eigenvalue weighted by Gasteiger charge is -2.32. The highest BCUT2D eigenvalue weighted by atomic mass is 19.1. The van der Waals surface area contributed by atoms with Crippen LogP contribution in [0.25, 0.3) is 0 Å². The fourth-order valence-electron chi connectivity index (χ4n) is 3.12. The minimum absolute atomic E-state index is 0.0910. The van der Waals surface area contributed by atoms with Gasteiger partial charge in [0.1, 0.15) is 0 Å². The van der Waals surface area contributed by atoms with Crippen molar-refractivity contribution in [2.45, 2.75) is 25.4 Å². The van der Waals surface area contributed by atoms with Crippen LogP contribution in [0, 0.1) is 5.82 Å². The number of carbonyl (C=O) groups is 1. The Balaban J connectivity index is 1.69. The fraction of sp³-hybridized carbons (Fsp3) is 0.471. The molecular weight excluding hydrogens is 327 g/mol. The molecule has 1 aromatic carbocycles. The zero-order valence-electron chi connectivity index (χ0n) is 14.3. The molecule has 1 unspecified atom stereocenters. The SMILES string of the molecule is COC(=O)c1cn(C2CCCN(Cc3cccc(OC)c3F)C2)nn1. The van der Waals surface area contributed by atoms with E-state index in [-0.39, 0.29) is 23.3 Å². The second-order valence-corrected chi connectivity index (χ2v) is 6.04. The third kappa shape index (κ3) is 3.79. The summed E-state index contributed by atoms with van der Waals surface area (Å²) in [6.07, 6.45) is 3.50. The van der Waals surface area contributed by atoms with E-state index in [0.717, 1.165) is 19.4 Å². The fourth-order valence-corrected chi connectivity index (χ4v) is 3.12. The number of benzene rings is 1. The van der Waals surface area contributed by atoms with Gasteiger partial charge in [-0.15, -0.1) is 5.10 Å². The number of hydrogen-bond donors (Lipinski definition) is 0. The maximum Gasteiger partial charge on any atom is 0.360 e. The van der Waals surface area contributed by atoms with Gasteiger partial charge in [-0.1, -0.05) is 17.3 Å². The molecule has 2 aromatic rings. The van der Waals surface area contributed by atoms with Crippen LogP contribution in [-0.2, 0) is 11.3 Å². The number of rotatable bonds is 5. The standard InChI is InChI=1S/C17H21FN4O3/c1-24-15-7-3-5-12(16(15)18)9-21-8-4-6-13(10-21)22-11-14(19-20-22)17(23)25-2/h3,5,7,11,13H,4,6,8-10H2,1-2H3. The Hall–Kier alpha value is -2.48. The first kappa shape index (κ1) is 17.3. The minimum atomic E-state index is -0.502. The number of hydrogen-bond acceptors (Lipinski definition) is 6. The first-order valence-corrected chi connectivity index (χ1v) is 8.16. The van der Waals surface area contributed by atoms with Gasteiger partial charge >= 0.3 is 5.97 Å². The number of aromatic nitrogens is 3. The van der Waals surface area contributed by atoms with Gasteiger partial charge in [0, 0.05) is 18.7 Å². The monoisotopic (exact) mass is 348 g/mol. The summed E-state index contributed by atoms with van der Waals surface area (Å²) in [7, 11) is 2.77. The number of carbonyl (C=O) groups excluding carboxylic acids is 1. The van der Waals surface area contributed by atoms with Crippen LogP contribution in [0.1, 0.15) is 34.9 Å². The summed E-state index contributed by atoms with van der Waals surface area (Å²) in [6.45, 7) is 2.09. The summed E-state index contributed by atoms with van der Waals surface area (Å²) in [6, 6.07) is 5.26. The van der Waals surface area contributed by atoms with Crippen molar-refractivity contribution < 1.29 is 18.7 Å². The van der Waals surface area contributed by atoms with Crippen molar-refractivity contribution >= 4 is 5.97 Å². The van der Waals surface area contributed by atoms with Crippen molar-refractivity contribution in [3.8, 4) is 5.75 Å². The van der Waals surface area contributed by atoms with E-state index in [4.69, 9.17) is 4.74 Å². The van der Waals surface area contributed by atoms with Crippen LogP contribution < -0.4 is 4.74 Å². The summed E-state index contributed by atoms with van der Waals surface area (Å²) >= 11 is 0. The van der Waals surface area contributed by atoms with Gasteiger partial charge in [0.05, 0.1) is 26.5 Å². The third-order valence-corrected chi connectivity index (χ3v) is 4.42. The first-order chi connectivity index (χ1) is 12.1. The van der Waals surface area contributed by atoms with Crippen molar-refractivity contribution in [2.75, 3.05) is 27.3 Å². The minimum Gasteiger partial charge on any atom is -0.494 e. The molecule has 0 amide bonds. The van der Waals surface area contributed by atoms with Crippen LogP contribution in [0.3, 0.4) is 0 Å². The number of nitrogens with zero attached hydrogens (tertiary/aromatic N) is 4. The number of halogens is 1. The molecule has 25 heavy (non-hydrogen) atoms. The average molecular weight is 348 g/mol. The molecule has 1 atom stereocenters. The van der Waals surface area contributed by atoms with Crippen molar-refractivity contribution in [1.29, 1.82) is 0 Å². The van der Waals surface area contributed by atoms with E-state index < -0.39 is 5.97 Å². The third-order valence-electron chi connectivity index (χ3n) is 4.42. The van der Waals surface area contributed by atoms with E-state index >= 15 is 0 Å². The molecule has 0 saturated carbocycles. The van der Waals surface area contributed by atoms with Crippen LogP contribution in [0.2, 0.25) is 0 Å². The molecular formula is C17H21FN4O3. The maximum absolute atomic E-state index is 14.3. The largest absolute Gasteiger partial charge is 0.494 e. The number of ether oxygens (including phenoxy) is 2. The van der Waals surface area contributed by atoms with E-state index in [0.29, 0.717) is 18.7 Å². The highest BCUT2D eigenvalue weighted by Gasteiger charge is 2.24. The van der Waals surface area contributed by atoms with Gasteiger partial charge in [-0.25, -0.2) is 13.9 Å². The van der Waals surface area contributed by atoms with Crippen LogP contribution in [0.4, 0.5) is 4.39 Å². The molecule has 3 rings (SSSR count). The Morgan fingerprint density at radius 2 is 2.24 bits per heavy atom. The van der Waals surface area contributed by atoms with Crippen LogP contribution >= 0.6 is 0 Å². The first-order valence-electron chi connectivity index (χ1n) is 8.16. The zero-order valence-corrected chi connectivity index (χ0v) is 14.3. The summed E-state index contributed by atoms with van der Waals surface area (Å²) in [4.78, 5) is 13.7. The maximum atomic E-state index is 14.3. The van der Waals surface area contributed by atoms with E-state index in [2.05, 4.69) is 19.9 Å². The normalized spacial score (nSPS) is 18.1. The number of piperidine rings is 1.